The maximum absolute atomic E-state index is 10.8. The van der Waals surface area contributed by atoms with Crippen LogP contribution in [0.25, 0.3) is 0 Å². The number of hydrogen-bond acceptors (Lipinski definition) is 4. The number of carboxylic acids is 1. The highest BCUT2D eigenvalue weighted by Gasteiger charge is 2.31. The maximum Gasteiger partial charge on any atom is 0.321 e. The predicted octanol–water partition coefficient (Wildman–Crippen LogP) is 1.08. The number of aromatic nitrogens is 2. The Balaban J connectivity index is 2.08. The summed E-state index contributed by atoms with van der Waals surface area (Å²) in [5, 5.41) is 12.0. The minimum absolute atomic E-state index is 0.0511. The van der Waals surface area contributed by atoms with E-state index in [0.717, 1.165) is 18.7 Å². The number of imidazole rings is 1. The van der Waals surface area contributed by atoms with Crippen molar-refractivity contribution < 1.29 is 9.90 Å². The predicted molar refractivity (Wildman–Crippen MR) is 62.3 cm³/mol. The lowest BCUT2D eigenvalue weighted by atomic mass is 10.3. The lowest BCUT2D eigenvalue weighted by molar-refractivity contribution is -0.138. The quantitative estimate of drug-likeness (QED) is 0.825. The Kier molecular flexibility index (Phi) is 3.50. The van der Waals surface area contributed by atoms with Crippen LogP contribution in [0.5, 0.6) is 0 Å². The van der Waals surface area contributed by atoms with Gasteiger partial charge < -0.3 is 9.67 Å². The molecule has 2 unspecified atom stereocenters. The summed E-state index contributed by atoms with van der Waals surface area (Å²) in [6.45, 7) is 3.03. The number of aryl methyl sites for hydroxylation is 1. The van der Waals surface area contributed by atoms with Gasteiger partial charge in [-0.1, -0.05) is 6.92 Å². The normalized spacial score (nSPS) is 24.8. The van der Waals surface area contributed by atoms with Gasteiger partial charge in [-0.05, 0) is 6.42 Å². The molecule has 0 spiro atoms. The monoisotopic (exact) mass is 241 g/mol. The molecule has 2 rings (SSSR count). The zero-order chi connectivity index (χ0) is 11.5. The van der Waals surface area contributed by atoms with Gasteiger partial charge in [-0.15, -0.1) is 11.8 Å². The maximum atomic E-state index is 10.8. The van der Waals surface area contributed by atoms with Crippen LogP contribution < -0.4 is 5.32 Å². The Morgan fingerprint density at radius 3 is 3.25 bits per heavy atom. The van der Waals surface area contributed by atoms with Gasteiger partial charge >= 0.3 is 5.97 Å². The van der Waals surface area contributed by atoms with Crippen LogP contribution in [0.3, 0.4) is 0 Å². The van der Waals surface area contributed by atoms with Crippen LogP contribution in [-0.2, 0) is 11.3 Å². The van der Waals surface area contributed by atoms with Crippen LogP contribution >= 0.6 is 11.8 Å². The van der Waals surface area contributed by atoms with Crippen molar-refractivity contribution in [2.24, 2.45) is 0 Å². The van der Waals surface area contributed by atoms with Gasteiger partial charge in [0.1, 0.15) is 6.04 Å². The van der Waals surface area contributed by atoms with Crippen molar-refractivity contribution >= 4 is 17.7 Å². The van der Waals surface area contributed by atoms with E-state index in [0.29, 0.717) is 5.75 Å². The molecule has 88 valence electrons. The Labute approximate surface area is 98.2 Å². The Bertz CT molecular complexity index is 380. The summed E-state index contributed by atoms with van der Waals surface area (Å²) in [6.07, 6.45) is 4.66. The van der Waals surface area contributed by atoms with E-state index < -0.39 is 12.0 Å². The second-order valence-corrected chi connectivity index (χ2v) is 4.92. The number of thioether (sulfide) groups is 1. The highest BCUT2D eigenvalue weighted by Crippen LogP contribution is 2.32. The van der Waals surface area contributed by atoms with E-state index >= 15 is 0 Å². The highest BCUT2D eigenvalue weighted by molar-refractivity contribution is 7.99. The molecule has 0 bridgehead atoms. The van der Waals surface area contributed by atoms with Crippen molar-refractivity contribution in [1.29, 1.82) is 0 Å². The molecule has 5 nitrogen and oxygen atoms in total. The third kappa shape index (κ3) is 2.22. The summed E-state index contributed by atoms with van der Waals surface area (Å²) in [5.41, 5.74) is 1.07. The van der Waals surface area contributed by atoms with Gasteiger partial charge in [-0.25, -0.2) is 4.98 Å². The standard InChI is InChI=1S/C10H15N3O2S/c1-2-3-13-6-11-4-8(13)9-12-7(5-16-9)10(14)15/h4,6-7,9,12H,2-3,5H2,1H3,(H,14,15). The summed E-state index contributed by atoms with van der Waals surface area (Å²) < 4.78 is 2.08. The minimum Gasteiger partial charge on any atom is -0.480 e. The summed E-state index contributed by atoms with van der Waals surface area (Å²) in [5.74, 6) is -0.173. The molecule has 16 heavy (non-hydrogen) atoms. The first kappa shape index (κ1) is 11.5. The molecule has 0 radical (unpaired) electrons. The Hall–Kier alpha value is -1.01. The van der Waals surface area contributed by atoms with E-state index in [9.17, 15) is 4.79 Å². The molecule has 1 aromatic heterocycles. The lowest BCUT2D eigenvalue weighted by Gasteiger charge is -2.13. The number of carboxylic acid groups (broad SMARTS) is 1. The van der Waals surface area contributed by atoms with E-state index in [-0.39, 0.29) is 5.37 Å². The topological polar surface area (TPSA) is 67.2 Å². The summed E-state index contributed by atoms with van der Waals surface area (Å²) in [7, 11) is 0. The second kappa shape index (κ2) is 4.88. The lowest BCUT2D eigenvalue weighted by Crippen LogP contribution is -2.34. The van der Waals surface area contributed by atoms with Gasteiger partial charge in [0.15, 0.2) is 0 Å². The number of nitrogens with one attached hydrogen (secondary N) is 1. The fourth-order valence-electron chi connectivity index (χ4n) is 1.76. The molecule has 0 amide bonds. The molecule has 1 aliphatic rings. The van der Waals surface area contributed by atoms with Gasteiger partial charge in [0.2, 0.25) is 0 Å². The van der Waals surface area contributed by atoms with E-state index in [2.05, 4.69) is 21.8 Å². The number of aliphatic carboxylic acids is 1. The Morgan fingerprint density at radius 1 is 1.81 bits per heavy atom. The molecule has 0 aliphatic carbocycles. The molecule has 1 saturated heterocycles. The minimum atomic E-state index is -0.781. The van der Waals surface area contributed by atoms with E-state index in [1.807, 2.05) is 6.20 Å². The molecular formula is C10H15N3O2S. The molecule has 2 atom stereocenters. The van der Waals surface area contributed by atoms with Crippen molar-refractivity contribution in [3.8, 4) is 0 Å². The molecule has 1 fully saturated rings. The van der Waals surface area contributed by atoms with Gasteiger partial charge in [-0.2, -0.15) is 0 Å². The summed E-state index contributed by atoms with van der Waals surface area (Å²) in [6, 6.07) is -0.444. The number of nitrogens with zero attached hydrogens (tertiary/aromatic N) is 2. The first-order valence-corrected chi connectivity index (χ1v) is 6.37. The molecule has 0 aromatic carbocycles. The first-order valence-electron chi connectivity index (χ1n) is 5.33. The van der Waals surface area contributed by atoms with Gasteiger partial charge in [0, 0.05) is 12.3 Å². The van der Waals surface area contributed by atoms with Crippen molar-refractivity contribution in [2.75, 3.05) is 5.75 Å². The second-order valence-electron chi connectivity index (χ2n) is 3.78. The molecule has 1 aliphatic heterocycles. The molecule has 0 saturated carbocycles. The average molecular weight is 241 g/mol. The van der Waals surface area contributed by atoms with E-state index in [4.69, 9.17) is 5.11 Å². The SMILES string of the molecule is CCCn1cncc1C1NC(C(=O)O)CS1. The summed E-state index contributed by atoms with van der Waals surface area (Å²) >= 11 is 1.62. The van der Waals surface area contributed by atoms with Crippen LogP contribution in [-0.4, -0.2) is 32.4 Å². The van der Waals surface area contributed by atoms with Crippen LogP contribution in [0.15, 0.2) is 12.5 Å². The zero-order valence-electron chi connectivity index (χ0n) is 9.09. The van der Waals surface area contributed by atoms with Gasteiger partial charge in [0.05, 0.1) is 23.6 Å². The van der Waals surface area contributed by atoms with Gasteiger partial charge in [0.25, 0.3) is 0 Å². The smallest absolute Gasteiger partial charge is 0.321 e. The third-order valence-electron chi connectivity index (χ3n) is 2.56. The van der Waals surface area contributed by atoms with Crippen LogP contribution in [0.2, 0.25) is 0 Å². The van der Waals surface area contributed by atoms with Crippen molar-refractivity contribution in [3.05, 3.63) is 18.2 Å². The number of rotatable bonds is 4. The van der Waals surface area contributed by atoms with Crippen LogP contribution in [0.1, 0.15) is 24.4 Å². The van der Waals surface area contributed by atoms with E-state index in [1.54, 1.807) is 18.1 Å². The van der Waals surface area contributed by atoms with Crippen molar-refractivity contribution in [3.63, 3.8) is 0 Å². The molecule has 2 heterocycles. The fourth-order valence-corrected chi connectivity index (χ4v) is 3.01. The molecular weight excluding hydrogens is 226 g/mol. The van der Waals surface area contributed by atoms with Crippen molar-refractivity contribution in [2.45, 2.75) is 31.3 Å². The largest absolute Gasteiger partial charge is 0.480 e. The number of hydrogen-bond donors (Lipinski definition) is 2. The molecule has 1 aromatic rings. The van der Waals surface area contributed by atoms with Crippen LogP contribution in [0, 0.1) is 0 Å². The molecule has 2 N–H and O–H groups in total. The first-order chi connectivity index (χ1) is 7.72. The summed E-state index contributed by atoms with van der Waals surface area (Å²) in [4.78, 5) is 14.9. The third-order valence-corrected chi connectivity index (χ3v) is 3.79. The van der Waals surface area contributed by atoms with Crippen LogP contribution in [0.4, 0.5) is 0 Å². The average Bonchev–Trinajstić information content (AvgIpc) is 2.84. The molecule has 6 heteroatoms. The van der Waals surface area contributed by atoms with Gasteiger partial charge in [-0.3, -0.25) is 10.1 Å². The van der Waals surface area contributed by atoms with Crippen molar-refractivity contribution in [1.82, 2.24) is 14.9 Å². The zero-order valence-corrected chi connectivity index (χ0v) is 9.91. The number of carbonyl (C=O) groups is 1. The Morgan fingerprint density at radius 2 is 2.62 bits per heavy atom. The highest BCUT2D eigenvalue weighted by atomic mass is 32.2. The fraction of sp³-hybridized carbons (Fsp3) is 0.600. The van der Waals surface area contributed by atoms with E-state index in [1.165, 1.54) is 0 Å².